The van der Waals surface area contributed by atoms with Gasteiger partial charge in [0.15, 0.2) is 0 Å². The Morgan fingerprint density at radius 3 is 2.89 bits per heavy atom. The van der Waals surface area contributed by atoms with Crippen molar-refractivity contribution < 1.29 is 14.4 Å². The topological polar surface area (TPSA) is 79.5 Å². The summed E-state index contributed by atoms with van der Waals surface area (Å²) in [5.41, 5.74) is 0. The summed E-state index contributed by atoms with van der Waals surface area (Å²) in [6, 6.07) is 0. The number of aliphatic carboxylic acids is 1. The predicted molar refractivity (Wildman–Crippen MR) is 65.6 cm³/mol. The van der Waals surface area contributed by atoms with Gasteiger partial charge in [-0.3, -0.25) is 4.79 Å². The van der Waals surface area contributed by atoms with Crippen molar-refractivity contribution in [1.82, 2.24) is 10.1 Å². The average Bonchev–Trinajstić information content (AvgIpc) is 2.87. The molecule has 1 heterocycles. The molecular weight excluding hydrogens is 234 g/mol. The summed E-state index contributed by atoms with van der Waals surface area (Å²) in [5, 5.41) is 13.1. The summed E-state index contributed by atoms with van der Waals surface area (Å²) in [7, 11) is 1.88. The number of hydrogen-bond donors (Lipinski definition) is 1. The number of hydrogen-bond acceptors (Lipinski definition) is 5. The van der Waals surface area contributed by atoms with Crippen molar-refractivity contribution in [2.24, 2.45) is 5.92 Å². The molecule has 0 aromatic carbocycles. The van der Waals surface area contributed by atoms with E-state index in [1.165, 1.54) is 0 Å². The summed E-state index contributed by atoms with van der Waals surface area (Å²) in [6.07, 6.45) is 3.49. The summed E-state index contributed by atoms with van der Waals surface area (Å²) in [5.74, 6) is -0.287. The molecule has 1 saturated carbocycles. The number of rotatable bonds is 4. The Bertz CT molecular complexity index is 418. The van der Waals surface area contributed by atoms with E-state index < -0.39 is 5.97 Å². The zero-order chi connectivity index (χ0) is 13.1. The minimum atomic E-state index is -0.761. The molecule has 1 aliphatic carbocycles. The van der Waals surface area contributed by atoms with Crippen LogP contribution in [-0.2, 0) is 4.79 Å². The van der Waals surface area contributed by atoms with Gasteiger partial charge in [-0.2, -0.15) is 4.98 Å². The smallest absolute Gasteiger partial charge is 0.307 e. The molecule has 0 aliphatic heterocycles. The van der Waals surface area contributed by atoms with E-state index in [0.717, 1.165) is 25.8 Å². The monoisotopic (exact) mass is 253 g/mol. The van der Waals surface area contributed by atoms with Crippen LogP contribution in [0.5, 0.6) is 0 Å². The Morgan fingerprint density at radius 2 is 2.22 bits per heavy atom. The average molecular weight is 253 g/mol. The van der Waals surface area contributed by atoms with Gasteiger partial charge in [0.1, 0.15) is 0 Å². The molecule has 0 amide bonds. The highest BCUT2D eigenvalue weighted by Gasteiger charge is 2.35. The van der Waals surface area contributed by atoms with Gasteiger partial charge in [0.2, 0.25) is 5.89 Å². The third-order valence-electron chi connectivity index (χ3n) is 3.65. The van der Waals surface area contributed by atoms with E-state index in [0.29, 0.717) is 18.3 Å². The second kappa shape index (κ2) is 5.37. The Kier molecular flexibility index (Phi) is 3.84. The van der Waals surface area contributed by atoms with Crippen molar-refractivity contribution >= 4 is 11.9 Å². The van der Waals surface area contributed by atoms with E-state index in [1.807, 2.05) is 18.9 Å². The standard InChI is InChI=1S/C12H19N3O3/c1-3-15(2)12-13-10(18-14-12)8-6-4-5-7-9(8)11(16)17/h8-9H,3-7H2,1-2H3,(H,16,17). The molecule has 18 heavy (non-hydrogen) atoms. The molecule has 1 aliphatic rings. The fraction of sp³-hybridized carbons (Fsp3) is 0.750. The molecule has 2 rings (SSSR count). The summed E-state index contributed by atoms with van der Waals surface area (Å²) < 4.78 is 5.24. The number of anilines is 1. The third kappa shape index (κ3) is 2.47. The molecule has 100 valence electrons. The van der Waals surface area contributed by atoms with Gasteiger partial charge >= 0.3 is 5.97 Å². The van der Waals surface area contributed by atoms with Crippen LogP contribution in [0.15, 0.2) is 4.52 Å². The van der Waals surface area contributed by atoms with Gasteiger partial charge in [-0.1, -0.05) is 12.8 Å². The first kappa shape index (κ1) is 12.9. The van der Waals surface area contributed by atoms with Crippen molar-refractivity contribution in [1.29, 1.82) is 0 Å². The highest BCUT2D eigenvalue weighted by atomic mass is 16.5. The lowest BCUT2D eigenvalue weighted by atomic mass is 9.79. The molecule has 1 N–H and O–H groups in total. The van der Waals surface area contributed by atoms with Gasteiger partial charge in [-0.25, -0.2) is 0 Å². The number of carboxylic acid groups (broad SMARTS) is 1. The largest absolute Gasteiger partial charge is 0.481 e. The number of nitrogens with zero attached hydrogens (tertiary/aromatic N) is 3. The van der Waals surface area contributed by atoms with E-state index in [4.69, 9.17) is 4.52 Å². The van der Waals surface area contributed by atoms with Crippen molar-refractivity contribution in [3.8, 4) is 0 Å². The molecule has 1 fully saturated rings. The summed E-state index contributed by atoms with van der Waals surface area (Å²) in [4.78, 5) is 17.4. The zero-order valence-electron chi connectivity index (χ0n) is 10.8. The van der Waals surface area contributed by atoms with Crippen LogP contribution in [0.1, 0.15) is 44.4 Å². The van der Waals surface area contributed by atoms with Gasteiger partial charge in [0.05, 0.1) is 11.8 Å². The van der Waals surface area contributed by atoms with Crippen LogP contribution in [0.2, 0.25) is 0 Å². The molecule has 0 spiro atoms. The van der Waals surface area contributed by atoms with Crippen LogP contribution < -0.4 is 4.90 Å². The Labute approximate surface area is 106 Å². The number of carbonyl (C=O) groups is 1. The first-order valence-electron chi connectivity index (χ1n) is 6.41. The van der Waals surface area contributed by atoms with Crippen molar-refractivity contribution in [3.63, 3.8) is 0 Å². The minimum Gasteiger partial charge on any atom is -0.481 e. The van der Waals surface area contributed by atoms with Gasteiger partial charge in [-0.15, -0.1) is 0 Å². The second-order valence-corrected chi connectivity index (χ2v) is 4.78. The Hall–Kier alpha value is -1.59. The van der Waals surface area contributed by atoms with Crippen LogP contribution in [0.4, 0.5) is 5.95 Å². The van der Waals surface area contributed by atoms with Crippen LogP contribution >= 0.6 is 0 Å². The van der Waals surface area contributed by atoms with Gasteiger partial charge < -0.3 is 14.5 Å². The van der Waals surface area contributed by atoms with Crippen LogP contribution in [0.25, 0.3) is 0 Å². The molecular formula is C12H19N3O3. The van der Waals surface area contributed by atoms with Crippen molar-refractivity contribution in [2.45, 2.75) is 38.5 Å². The maximum absolute atomic E-state index is 11.2. The Balaban J connectivity index is 2.18. The van der Waals surface area contributed by atoms with Crippen LogP contribution in [0, 0.1) is 5.92 Å². The maximum atomic E-state index is 11.2. The fourth-order valence-corrected chi connectivity index (χ4v) is 2.40. The fourth-order valence-electron chi connectivity index (χ4n) is 2.40. The molecule has 6 nitrogen and oxygen atoms in total. The van der Waals surface area contributed by atoms with E-state index >= 15 is 0 Å². The van der Waals surface area contributed by atoms with E-state index in [1.54, 1.807) is 0 Å². The van der Waals surface area contributed by atoms with Gasteiger partial charge in [-0.05, 0) is 24.9 Å². The Morgan fingerprint density at radius 1 is 1.50 bits per heavy atom. The summed E-state index contributed by atoms with van der Waals surface area (Å²) in [6.45, 7) is 2.78. The molecule has 1 aromatic heterocycles. The maximum Gasteiger partial charge on any atom is 0.307 e. The highest BCUT2D eigenvalue weighted by molar-refractivity contribution is 5.71. The second-order valence-electron chi connectivity index (χ2n) is 4.78. The molecule has 2 atom stereocenters. The first-order chi connectivity index (χ1) is 8.63. The van der Waals surface area contributed by atoms with Crippen LogP contribution in [-0.4, -0.2) is 34.8 Å². The number of aromatic nitrogens is 2. The lowest BCUT2D eigenvalue weighted by Gasteiger charge is -2.25. The quantitative estimate of drug-likeness (QED) is 0.882. The zero-order valence-corrected chi connectivity index (χ0v) is 10.8. The van der Waals surface area contributed by atoms with Crippen molar-refractivity contribution in [3.05, 3.63) is 5.89 Å². The van der Waals surface area contributed by atoms with E-state index in [2.05, 4.69) is 10.1 Å². The SMILES string of the molecule is CCN(C)c1noc(C2CCCCC2C(=O)O)n1. The molecule has 2 unspecified atom stereocenters. The van der Waals surface area contributed by atoms with Gasteiger partial charge in [0.25, 0.3) is 5.95 Å². The lowest BCUT2D eigenvalue weighted by Crippen LogP contribution is -2.25. The predicted octanol–water partition coefficient (Wildman–Crippen LogP) is 1.88. The number of carboxylic acids is 1. The molecule has 1 aromatic rings. The van der Waals surface area contributed by atoms with Gasteiger partial charge in [0, 0.05) is 13.6 Å². The lowest BCUT2D eigenvalue weighted by molar-refractivity contribution is -0.143. The summed E-state index contributed by atoms with van der Waals surface area (Å²) >= 11 is 0. The first-order valence-corrected chi connectivity index (χ1v) is 6.41. The molecule has 0 saturated heterocycles. The van der Waals surface area contributed by atoms with Crippen molar-refractivity contribution in [2.75, 3.05) is 18.5 Å². The molecule has 0 bridgehead atoms. The highest BCUT2D eigenvalue weighted by Crippen LogP contribution is 2.37. The van der Waals surface area contributed by atoms with Crippen LogP contribution in [0.3, 0.4) is 0 Å². The molecule has 0 radical (unpaired) electrons. The normalized spacial score (nSPS) is 23.9. The minimum absolute atomic E-state index is 0.136. The third-order valence-corrected chi connectivity index (χ3v) is 3.65. The molecule has 6 heteroatoms. The van der Waals surface area contributed by atoms with E-state index in [-0.39, 0.29) is 11.8 Å². The van der Waals surface area contributed by atoms with E-state index in [9.17, 15) is 9.90 Å².